The van der Waals surface area contributed by atoms with Gasteiger partial charge in [-0.25, -0.2) is 9.59 Å². The molecule has 0 atom stereocenters. The van der Waals surface area contributed by atoms with Gasteiger partial charge in [0.05, 0.1) is 6.61 Å². The van der Waals surface area contributed by atoms with Gasteiger partial charge >= 0.3 is 13.5 Å². The molecule has 0 aliphatic rings. The highest BCUT2D eigenvalue weighted by Gasteiger charge is 2.01. The van der Waals surface area contributed by atoms with Gasteiger partial charge < -0.3 is 9.57 Å². The van der Waals surface area contributed by atoms with Crippen molar-refractivity contribution in [3.63, 3.8) is 0 Å². The van der Waals surface area contributed by atoms with E-state index in [9.17, 15) is 9.59 Å². The second-order valence-electron chi connectivity index (χ2n) is 1.45. The lowest BCUT2D eigenvalue weighted by atomic mass is 10.7. The summed E-state index contributed by atoms with van der Waals surface area (Å²) in [7, 11) is 0. The highest BCUT2D eigenvalue weighted by Crippen LogP contribution is 1.78. The number of rotatable bonds is 2. The van der Waals surface area contributed by atoms with Crippen molar-refractivity contribution in [2.24, 2.45) is 0 Å². The van der Waals surface area contributed by atoms with Gasteiger partial charge in [-0.15, -0.1) is 5.48 Å². The standard InChI is InChI=1S/C6H9NO4/c1-3-5(8)11-7-6(9)10-4-2/h3H,1,4H2,2H3,(H,7,9)/p+1. The van der Waals surface area contributed by atoms with Crippen molar-refractivity contribution >= 4 is 12.1 Å². The Hall–Kier alpha value is -1.52. The van der Waals surface area contributed by atoms with Crippen LogP contribution in [0.25, 0.3) is 0 Å². The van der Waals surface area contributed by atoms with Crippen LogP contribution in [0.4, 0.5) is 4.79 Å². The molecule has 0 unspecified atom stereocenters. The van der Waals surface area contributed by atoms with E-state index in [1.165, 1.54) is 0 Å². The molecule has 0 aromatic rings. The van der Waals surface area contributed by atoms with Gasteiger partial charge in [0.1, 0.15) is 0 Å². The molecular formula is C6H10NO4+. The van der Waals surface area contributed by atoms with Gasteiger partial charge in [-0.05, 0) is 6.92 Å². The third kappa shape index (κ3) is 4.95. The molecule has 0 aromatic carbocycles. The number of carbonyl (C=O) groups excluding carboxylic acids is 2. The van der Waals surface area contributed by atoms with Crippen LogP contribution in [-0.2, 0) is 14.4 Å². The molecule has 5 heteroatoms. The largest absolute Gasteiger partial charge is 1.00 e. The first-order chi connectivity index (χ1) is 5.20. The molecule has 0 saturated heterocycles. The third-order valence-electron chi connectivity index (χ3n) is 0.677. The quantitative estimate of drug-likeness (QED) is 0.471. The average molecular weight is 160 g/mol. The first-order valence-corrected chi connectivity index (χ1v) is 2.96. The van der Waals surface area contributed by atoms with Crippen molar-refractivity contribution in [3.8, 4) is 0 Å². The van der Waals surface area contributed by atoms with E-state index in [2.05, 4.69) is 16.2 Å². The molecule has 0 rings (SSSR count). The molecule has 11 heavy (non-hydrogen) atoms. The van der Waals surface area contributed by atoms with Crippen molar-refractivity contribution in [2.45, 2.75) is 6.92 Å². The van der Waals surface area contributed by atoms with E-state index in [1.807, 2.05) is 0 Å². The fourth-order valence-electron chi connectivity index (χ4n) is 0.294. The lowest BCUT2D eigenvalue weighted by Gasteiger charge is -2.02. The minimum atomic E-state index is -0.803. The van der Waals surface area contributed by atoms with Crippen molar-refractivity contribution in [3.05, 3.63) is 12.7 Å². The molecule has 0 radical (unpaired) electrons. The fourth-order valence-corrected chi connectivity index (χ4v) is 0.294. The molecule has 0 aromatic heterocycles. The zero-order valence-corrected chi connectivity index (χ0v) is 6.12. The van der Waals surface area contributed by atoms with E-state index in [-0.39, 0.29) is 8.03 Å². The Morgan fingerprint density at radius 1 is 1.73 bits per heavy atom. The molecule has 0 heterocycles. The summed E-state index contributed by atoms with van der Waals surface area (Å²) in [5, 5.41) is 0. The Morgan fingerprint density at radius 3 is 2.82 bits per heavy atom. The van der Waals surface area contributed by atoms with E-state index in [0.717, 1.165) is 6.08 Å². The maximum absolute atomic E-state index is 10.4. The minimum Gasteiger partial charge on any atom is -0.448 e. The number of hydroxylamine groups is 1. The average Bonchev–Trinajstić information content (AvgIpc) is 2.01. The Balaban J connectivity index is 0. The number of hydrogen-bond donors (Lipinski definition) is 1. The zero-order valence-electron chi connectivity index (χ0n) is 7.12. The number of ether oxygens (including phenoxy) is 1. The van der Waals surface area contributed by atoms with Crippen molar-refractivity contribution in [1.29, 1.82) is 0 Å². The molecule has 0 fully saturated rings. The normalized spacial score (nSPS) is 8.09. The molecular weight excluding hydrogens is 150 g/mol. The monoisotopic (exact) mass is 160 g/mol. The Labute approximate surface area is 65.4 Å². The number of carbonyl (C=O) groups is 2. The van der Waals surface area contributed by atoms with Crippen molar-refractivity contribution < 1.29 is 20.6 Å². The van der Waals surface area contributed by atoms with Crippen LogP contribution in [0.5, 0.6) is 0 Å². The highest BCUT2D eigenvalue weighted by atomic mass is 16.7. The lowest BCUT2D eigenvalue weighted by Crippen LogP contribution is -2.26. The summed E-state index contributed by atoms with van der Waals surface area (Å²) < 4.78 is 4.38. The van der Waals surface area contributed by atoms with E-state index in [1.54, 1.807) is 12.4 Å². The van der Waals surface area contributed by atoms with Crippen LogP contribution in [0.15, 0.2) is 12.7 Å². The molecule has 62 valence electrons. The minimum absolute atomic E-state index is 0. The summed E-state index contributed by atoms with van der Waals surface area (Å²) >= 11 is 0. The summed E-state index contributed by atoms with van der Waals surface area (Å²) in [6.07, 6.45) is 0.120. The van der Waals surface area contributed by atoms with Crippen molar-refractivity contribution in [1.82, 2.24) is 5.48 Å². The number of nitrogens with one attached hydrogen (secondary N) is 1. The maximum atomic E-state index is 10.4. The summed E-state index contributed by atoms with van der Waals surface area (Å²) in [6, 6.07) is 0. The topological polar surface area (TPSA) is 64.6 Å². The summed E-state index contributed by atoms with van der Waals surface area (Å²) in [6.45, 7) is 4.97. The molecule has 0 saturated carbocycles. The highest BCUT2D eigenvalue weighted by molar-refractivity contribution is 5.82. The Bertz CT molecular complexity index is 171. The van der Waals surface area contributed by atoms with Gasteiger partial charge in [0, 0.05) is 6.08 Å². The van der Waals surface area contributed by atoms with Crippen LogP contribution in [0.2, 0.25) is 0 Å². The smallest absolute Gasteiger partial charge is 0.448 e. The van der Waals surface area contributed by atoms with Crippen LogP contribution in [0, 0.1) is 0 Å². The maximum Gasteiger partial charge on any atom is 1.00 e. The third-order valence-corrected chi connectivity index (χ3v) is 0.677. The Kier molecular flexibility index (Phi) is 4.55. The SMILES string of the molecule is C=CC(=O)ONC(=O)OCC.[H+]. The summed E-state index contributed by atoms with van der Waals surface area (Å²) in [4.78, 5) is 24.9. The summed E-state index contributed by atoms with van der Waals surface area (Å²) in [5.41, 5.74) is 1.75. The molecule has 0 aliphatic carbocycles. The van der Waals surface area contributed by atoms with E-state index in [0.29, 0.717) is 0 Å². The van der Waals surface area contributed by atoms with E-state index < -0.39 is 12.1 Å². The fraction of sp³-hybridized carbons (Fsp3) is 0.333. The molecule has 5 nitrogen and oxygen atoms in total. The van der Waals surface area contributed by atoms with Gasteiger partial charge in [-0.1, -0.05) is 6.58 Å². The van der Waals surface area contributed by atoms with Crippen LogP contribution in [0.1, 0.15) is 8.35 Å². The second kappa shape index (κ2) is 5.28. The second-order valence-corrected chi connectivity index (χ2v) is 1.45. The molecule has 1 N–H and O–H groups in total. The zero-order chi connectivity index (χ0) is 8.69. The first-order valence-electron chi connectivity index (χ1n) is 2.96. The first kappa shape index (κ1) is 9.48. The lowest BCUT2D eigenvalue weighted by molar-refractivity contribution is -0.143. The number of amides is 1. The number of hydrogen-bond acceptors (Lipinski definition) is 4. The van der Waals surface area contributed by atoms with Gasteiger partial charge in [-0.3, -0.25) is 0 Å². The molecule has 1 amide bonds. The van der Waals surface area contributed by atoms with Gasteiger partial charge in [0.2, 0.25) is 0 Å². The van der Waals surface area contributed by atoms with Crippen LogP contribution in [0.3, 0.4) is 0 Å². The van der Waals surface area contributed by atoms with Crippen LogP contribution >= 0.6 is 0 Å². The molecule has 0 aliphatic heterocycles. The predicted octanol–water partition coefficient (Wildman–Crippen LogP) is 0.489. The molecule has 0 bridgehead atoms. The molecule has 0 spiro atoms. The Morgan fingerprint density at radius 2 is 2.36 bits per heavy atom. The van der Waals surface area contributed by atoms with Gasteiger partial charge in [0.25, 0.3) is 0 Å². The van der Waals surface area contributed by atoms with Crippen molar-refractivity contribution in [2.75, 3.05) is 6.61 Å². The van der Waals surface area contributed by atoms with Crippen LogP contribution in [-0.4, -0.2) is 18.7 Å². The van der Waals surface area contributed by atoms with Gasteiger partial charge in [0.15, 0.2) is 0 Å². The van der Waals surface area contributed by atoms with Gasteiger partial charge in [-0.2, -0.15) is 0 Å². The predicted molar refractivity (Wildman–Crippen MR) is 37.6 cm³/mol. The van der Waals surface area contributed by atoms with Crippen LogP contribution < -0.4 is 5.48 Å². The van der Waals surface area contributed by atoms with E-state index in [4.69, 9.17) is 0 Å². The summed E-state index contributed by atoms with van der Waals surface area (Å²) in [5.74, 6) is -0.738. The van der Waals surface area contributed by atoms with E-state index >= 15 is 0 Å².